The molecule has 28 heavy (non-hydrogen) atoms. The molecule has 0 aliphatic rings. The molecule has 0 fully saturated rings. The number of nitrogens with zero attached hydrogens (tertiary/aromatic N) is 2. The maximum Gasteiger partial charge on any atom is 0.252 e. The Hall–Kier alpha value is -3.42. The van der Waals surface area contributed by atoms with Crippen LogP contribution < -0.4 is 16.0 Å². The van der Waals surface area contributed by atoms with Gasteiger partial charge in [-0.05, 0) is 42.3 Å². The van der Waals surface area contributed by atoms with E-state index in [2.05, 4.69) is 30.9 Å². The van der Waals surface area contributed by atoms with Gasteiger partial charge in [-0.2, -0.15) is 0 Å². The Morgan fingerprint density at radius 2 is 2.00 bits per heavy atom. The zero-order valence-corrected chi connectivity index (χ0v) is 15.6. The summed E-state index contributed by atoms with van der Waals surface area (Å²) in [5.41, 5.74) is 2.49. The van der Waals surface area contributed by atoms with Crippen LogP contribution >= 0.6 is 0 Å². The lowest BCUT2D eigenvalue weighted by atomic mass is 10.1. The van der Waals surface area contributed by atoms with Gasteiger partial charge in [0.1, 0.15) is 5.82 Å². The molecule has 0 radical (unpaired) electrons. The number of pyridine rings is 1. The highest BCUT2D eigenvalue weighted by atomic mass is 19.1. The van der Waals surface area contributed by atoms with Crippen molar-refractivity contribution in [1.29, 1.82) is 0 Å². The summed E-state index contributed by atoms with van der Waals surface area (Å²) < 4.78 is 13.4. The Kier molecular flexibility index (Phi) is 6.56. The highest BCUT2D eigenvalue weighted by molar-refractivity contribution is 5.93. The van der Waals surface area contributed by atoms with E-state index >= 15 is 0 Å². The molecule has 0 bridgehead atoms. The van der Waals surface area contributed by atoms with E-state index in [0.717, 1.165) is 22.9 Å². The number of carbonyl (C=O) groups is 1. The molecule has 0 saturated heterocycles. The Morgan fingerprint density at radius 1 is 1.18 bits per heavy atom. The number of fused-ring (bicyclic) bond motifs is 1. The first-order valence-electron chi connectivity index (χ1n) is 9.05. The van der Waals surface area contributed by atoms with E-state index in [1.54, 1.807) is 37.5 Å². The number of benzene rings is 1. The van der Waals surface area contributed by atoms with Gasteiger partial charge in [-0.1, -0.05) is 0 Å². The number of aliphatic imine (C=N–C) groups is 1. The van der Waals surface area contributed by atoms with E-state index in [0.29, 0.717) is 31.2 Å². The van der Waals surface area contributed by atoms with Crippen LogP contribution in [0.4, 0.5) is 4.39 Å². The number of amides is 1. The standard InChI is InChI=1S/C20H23FN6O/c1-22-20(26-10-9-24-19(28)15-3-2-7-23-12-15)25-8-6-14-13-27-18-5-4-16(21)11-17(14)18/h2-5,7,11-13,27H,6,8-10H2,1H3,(H,24,28)(H2,22,25,26). The lowest BCUT2D eigenvalue weighted by Crippen LogP contribution is -2.42. The lowest BCUT2D eigenvalue weighted by molar-refractivity contribution is 0.0954. The number of halogens is 1. The number of hydrogen-bond acceptors (Lipinski definition) is 3. The second-order valence-corrected chi connectivity index (χ2v) is 6.18. The van der Waals surface area contributed by atoms with Crippen LogP contribution in [-0.4, -0.2) is 48.5 Å². The van der Waals surface area contributed by atoms with Gasteiger partial charge in [-0.3, -0.25) is 14.8 Å². The normalized spacial score (nSPS) is 11.4. The molecule has 0 unspecified atom stereocenters. The summed E-state index contributed by atoms with van der Waals surface area (Å²) in [7, 11) is 1.69. The van der Waals surface area contributed by atoms with Crippen molar-refractivity contribution in [2.75, 3.05) is 26.7 Å². The largest absolute Gasteiger partial charge is 0.361 e. The van der Waals surface area contributed by atoms with E-state index in [9.17, 15) is 9.18 Å². The molecule has 0 aliphatic carbocycles. The third-order valence-corrected chi connectivity index (χ3v) is 4.27. The van der Waals surface area contributed by atoms with Crippen molar-refractivity contribution in [3.8, 4) is 0 Å². The minimum absolute atomic E-state index is 0.163. The summed E-state index contributed by atoms with van der Waals surface area (Å²) in [6.45, 7) is 1.63. The molecule has 4 N–H and O–H groups in total. The quantitative estimate of drug-likeness (QED) is 0.285. The smallest absolute Gasteiger partial charge is 0.252 e. The summed E-state index contributed by atoms with van der Waals surface area (Å²) in [4.78, 5) is 23.2. The molecule has 0 atom stereocenters. The monoisotopic (exact) mass is 382 g/mol. The Labute approximate surface area is 162 Å². The van der Waals surface area contributed by atoms with Crippen molar-refractivity contribution < 1.29 is 9.18 Å². The van der Waals surface area contributed by atoms with Gasteiger partial charge in [0.15, 0.2) is 5.96 Å². The van der Waals surface area contributed by atoms with Crippen LogP contribution in [0.3, 0.4) is 0 Å². The van der Waals surface area contributed by atoms with Gasteiger partial charge in [0.2, 0.25) is 0 Å². The van der Waals surface area contributed by atoms with Crippen LogP contribution in [0.5, 0.6) is 0 Å². The van der Waals surface area contributed by atoms with Crippen LogP contribution in [0.15, 0.2) is 53.9 Å². The Morgan fingerprint density at radius 3 is 2.79 bits per heavy atom. The number of carbonyl (C=O) groups excluding carboxylic acids is 1. The van der Waals surface area contributed by atoms with E-state index in [1.165, 1.54) is 12.3 Å². The molecule has 3 aromatic rings. The van der Waals surface area contributed by atoms with Crippen molar-refractivity contribution in [2.45, 2.75) is 6.42 Å². The molecule has 1 amide bonds. The zero-order chi connectivity index (χ0) is 19.8. The van der Waals surface area contributed by atoms with Crippen LogP contribution in [0.25, 0.3) is 10.9 Å². The zero-order valence-electron chi connectivity index (χ0n) is 15.6. The van der Waals surface area contributed by atoms with Gasteiger partial charge < -0.3 is 20.9 Å². The molecule has 2 aromatic heterocycles. The first-order chi connectivity index (χ1) is 13.7. The summed E-state index contributed by atoms with van der Waals surface area (Å²) in [5, 5.41) is 10.1. The van der Waals surface area contributed by atoms with Crippen molar-refractivity contribution >= 4 is 22.8 Å². The number of aromatic amines is 1. The molecule has 8 heteroatoms. The predicted octanol–water partition coefficient (Wildman–Crippen LogP) is 1.84. The van der Waals surface area contributed by atoms with Crippen molar-refractivity contribution in [3.63, 3.8) is 0 Å². The number of rotatable bonds is 7. The fourth-order valence-corrected chi connectivity index (χ4v) is 2.85. The Balaban J connectivity index is 1.40. The molecular weight excluding hydrogens is 359 g/mol. The van der Waals surface area contributed by atoms with Crippen LogP contribution in [0.2, 0.25) is 0 Å². The molecule has 2 heterocycles. The molecule has 3 rings (SSSR count). The maximum absolute atomic E-state index is 13.4. The number of H-pyrrole nitrogens is 1. The fraction of sp³-hybridized carbons (Fsp3) is 0.250. The van der Waals surface area contributed by atoms with Gasteiger partial charge in [0.25, 0.3) is 5.91 Å². The first kappa shape index (κ1) is 19.3. The Bertz CT molecular complexity index is 954. The van der Waals surface area contributed by atoms with E-state index in [4.69, 9.17) is 0 Å². The third kappa shape index (κ3) is 5.06. The molecule has 0 spiro atoms. The SMILES string of the molecule is CN=C(NCCNC(=O)c1cccnc1)NCCc1c[nH]c2ccc(F)cc12. The molecule has 1 aromatic carbocycles. The van der Waals surface area contributed by atoms with Gasteiger partial charge >= 0.3 is 0 Å². The van der Waals surface area contributed by atoms with Crippen molar-refractivity contribution in [3.05, 3.63) is 65.9 Å². The summed E-state index contributed by atoms with van der Waals surface area (Å²) in [6, 6.07) is 8.16. The molecular formula is C20H23FN6O. The minimum atomic E-state index is -0.243. The fourth-order valence-electron chi connectivity index (χ4n) is 2.85. The minimum Gasteiger partial charge on any atom is -0.361 e. The van der Waals surface area contributed by atoms with Gasteiger partial charge in [0.05, 0.1) is 5.56 Å². The molecule has 146 valence electrons. The van der Waals surface area contributed by atoms with E-state index < -0.39 is 0 Å². The average Bonchev–Trinajstić information content (AvgIpc) is 3.12. The summed E-state index contributed by atoms with van der Waals surface area (Å²) in [5.74, 6) is 0.234. The van der Waals surface area contributed by atoms with Crippen LogP contribution in [0.1, 0.15) is 15.9 Å². The van der Waals surface area contributed by atoms with Gasteiger partial charge in [-0.15, -0.1) is 0 Å². The third-order valence-electron chi connectivity index (χ3n) is 4.27. The lowest BCUT2D eigenvalue weighted by Gasteiger charge is -2.12. The molecule has 7 nitrogen and oxygen atoms in total. The van der Waals surface area contributed by atoms with Gasteiger partial charge in [-0.25, -0.2) is 4.39 Å². The predicted molar refractivity (Wildman–Crippen MR) is 108 cm³/mol. The number of nitrogens with one attached hydrogen (secondary N) is 4. The van der Waals surface area contributed by atoms with E-state index in [-0.39, 0.29) is 11.7 Å². The second kappa shape index (κ2) is 9.50. The van der Waals surface area contributed by atoms with Crippen LogP contribution in [-0.2, 0) is 6.42 Å². The molecule has 0 aliphatic heterocycles. The number of aromatic nitrogens is 2. The summed E-state index contributed by atoms with van der Waals surface area (Å²) >= 11 is 0. The highest BCUT2D eigenvalue weighted by Gasteiger charge is 2.06. The summed E-state index contributed by atoms with van der Waals surface area (Å²) in [6.07, 6.45) is 5.78. The van der Waals surface area contributed by atoms with Crippen molar-refractivity contribution in [1.82, 2.24) is 25.9 Å². The molecule has 0 saturated carbocycles. The van der Waals surface area contributed by atoms with Crippen molar-refractivity contribution in [2.24, 2.45) is 4.99 Å². The second-order valence-electron chi connectivity index (χ2n) is 6.18. The maximum atomic E-state index is 13.4. The van der Waals surface area contributed by atoms with Crippen LogP contribution in [0, 0.1) is 5.82 Å². The average molecular weight is 382 g/mol. The van der Waals surface area contributed by atoms with Gasteiger partial charge in [0, 0.05) is 56.2 Å². The van der Waals surface area contributed by atoms with E-state index in [1.807, 2.05) is 6.20 Å². The number of guanidine groups is 1. The number of hydrogen-bond donors (Lipinski definition) is 4. The topological polar surface area (TPSA) is 94.2 Å². The highest BCUT2D eigenvalue weighted by Crippen LogP contribution is 2.19. The first-order valence-corrected chi connectivity index (χ1v) is 9.05.